The van der Waals surface area contributed by atoms with Crippen LogP contribution in [0.2, 0.25) is 0 Å². The van der Waals surface area contributed by atoms with E-state index >= 15 is 0 Å². The van der Waals surface area contributed by atoms with Crippen molar-refractivity contribution in [2.75, 3.05) is 0 Å². The standard InChI is InChI=1S/C27H21NO2/c29-26(30)27(16-17-27)28-24(21-12-6-2-7-13-21)18-23(20-10-4-1-5-11-20)19-25(28)22-14-8-3-9-15-22/h1-15,18-19H,16-17H2. The molecule has 0 spiro atoms. The van der Waals surface area contributed by atoms with Gasteiger partial charge in [0.2, 0.25) is 16.9 Å². The number of aliphatic carboxylic acids is 1. The molecule has 0 amide bonds. The number of carbonyl (C=O) groups is 1. The lowest BCUT2D eigenvalue weighted by Gasteiger charge is -2.20. The average Bonchev–Trinajstić information content (AvgIpc) is 3.62. The van der Waals surface area contributed by atoms with E-state index in [0.29, 0.717) is 12.8 Å². The van der Waals surface area contributed by atoms with Gasteiger partial charge < -0.3 is 9.90 Å². The average molecular weight is 391 g/mol. The molecule has 0 atom stereocenters. The van der Waals surface area contributed by atoms with Crippen molar-refractivity contribution in [3.05, 3.63) is 103 Å². The molecule has 0 N–H and O–H groups in total. The van der Waals surface area contributed by atoms with Gasteiger partial charge in [0, 0.05) is 36.1 Å². The fraction of sp³-hybridized carbons (Fsp3) is 0.111. The Bertz CT molecular complexity index is 1140. The number of pyridine rings is 1. The molecule has 146 valence electrons. The Morgan fingerprint density at radius 2 is 1.03 bits per heavy atom. The Hall–Kier alpha value is -3.72. The fourth-order valence-corrected chi connectivity index (χ4v) is 4.13. The van der Waals surface area contributed by atoms with E-state index in [0.717, 1.165) is 33.6 Å². The van der Waals surface area contributed by atoms with Gasteiger partial charge in [0.25, 0.3) is 0 Å². The summed E-state index contributed by atoms with van der Waals surface area (Å²) in [4.78, 5) is 12.3. The second kappa shape index (κ2) is 7.27. The highest BCUT2D eigenvalue weighted by molar-refractivity contribution is 5.78. The number of rotatable bonds is 5. The maximum atomic E-state index is 12.3. The second-order valence-electron chi connectivity index (χ2n) is 7.77. The van der Waals surface area contributed by atoms with Crippen molar-refractivity contribution in [2.24, 2.45) is 0 Å². The zero-order valence-corrected chi connectivity index (χ0v) is 16.5. The first-order valence-electron chi connectivity index (χ1n) is 10.2. The number of hydrogen-bond acceptors (Lipinski definition) is 2. The van der Waals surface area contributed by atoms with E-state index in [-0.39, 0.29) is 0 Å². The van der Waals surface area contributed by atoms with Crippen molar-refractivity contribution in [3.8, 4) is 33.6 Å². The van der Waals surface area contributed by atoms with Gasteiger partial charge in [-0.2, -0.15) is 4.57 Å². The molecule has 0 unspecified atom stereocenters. The number of carbonyl (C=O) groups excluding carboxylic acids is 1. The van der Waals surface area contributed by atoms with E-state index in [9.17, 15) is 9.90 Å². The first-order valence-corrected chi connectivity index (χ1v) is 10.2. The summed E-state index contributed by atoms with van der Waals surface area (Å²) in [5, 5.41) is 12.3. The van der Waals surface area contributed by atoms with Crippen LogP contribution in [0.25, 0.3) is 33.6 Å². The first-order chi connectivity index (χ1) is 14.7. The Morgan fingerprint density at radius 1 is 0.633 bits per heavy atom. The lowest BCUT2D eigenvalue weighted by molar-refractivity contribution is -0.711. The van der Waals surface area contributed by atoms with Gasteiger partial charge in [0.05, 0.1) is 0 Å². The van der Waals surface area contributed by atoms with Gasteiger partial charge in [-0.05, 0) is 35.4 Å². The van der Waals surface area contributed by atoms with Crippen LogP contribution in [0.4, 0.5) is 0 Å². The number of hydrogen-bond donors (Lipinski definition) is 0. The summed E-state index contributed by atoms with van der Waals surface area (Å²) in [6, 6.07) is 34.4. The molecule has 5 rings (SSSR count). The molecule has 30 heavy (non-hydrogen) atoms. The number of nitrogens with zero attached hydrogens (tertiary/aromatic N) is 1. The number of carboxylic acids is 1. The van der Waals surface area contributed by atoms with Gasteiger partial charge >= 0.3 is 0 Å². The van der Waals surface area contributed by atoms with E-state index in [4.69, 9.17) is 0 Å². The molecule has 0 saturated heterocycles. The van der Waals surface area contributed by atoms with Gasteiger partial charge in [0.15, 0.2) is 0 Å². The summed E-state index contributed by atoms with van der Waals surface area (Å²) in [5.41, 5.74) is 4.89. The van der Waals surface area contributed by atoms with Crippen LogP contribution >= 0.6 is 0 Å². The molecule has 0 radical (unpaired) electrons. The molecule has 1 aromatic heterocycles. The maximum Gasteiger partial charge on any atom is 0.214 e. The molecule has 0 aliphatic heterocycles. The van der Waals surface area contributed by atoms with Crippen molar-refractivity contribution in [1.29, 1.82) is 0 Å². The zero-order valence-electron chi connectivity index (χ0n) is 16.5. The molecule has 1 heterocycles. The highest BCUT2D eigenvalue weighted by Crippen LogP contribution is 2.42. The van der Waals surface area contributed by atoms with E-state index in [2.05, 4.69) is 24.3 Å². The molecule has 3 heteroatoms. The minimum absolute atomic E-state index is 0.574. The molecule has 3 nitrogen and oxygen atoms in total. The molecule has 0 bridgehead atoms. The van der Waals surface area contributed by atoms with E-state index in [1.54, 1.807) is 0 Å². The van der Waals surface area contributed by atoms with Gasteiger partial charge in [-0.1, -0.05) is 66.7 Å². The Labute approximate surface area is 175 Å². The van der Waals surface area contributed by atoms with Gasteiger partial charge in [-0.3, -0.25) is 0 Å². The molecule has 1 aliphatic rings. The highest BCUT2D eigenvalue weighted by atomic mass is 16.4. The fourth-order valence-electron chi connectivity index (χ4n) is 4.13. The Balaban J connectivity index is 1.87. The molecule has 1 fully saturated rings. The van der Waals surface area contributed by atoms with Crippen molar-refractivity contribution >= 4 is 5.97 Å². The summed E-state index contributed by atoms with van der Waals surface area (Å²) in [6.07, 6.45) is 1.15. The van der Waals surface area contributed by atoms with Gasteiger partial charge in [-0.15, -0.1) is 0 Å². The van der Waals surface area contributed by atoms with Crippen LogP contribution in [0.5, 0.6) is 0 Å². The molecule has 1 aliphatic carbocycles. The van der Waals surface area contributed by atoms with Crippen LogP contribution < -0.4 is 9.67 Å². The third-order valence-corrected chi connectivity index (χ3v) is 5.84. The highest BCUT2D eigenvalue weighted by Gasteiger charge is 2.57. The third kappa shape index (κ3) is 3.09. The predicted octanol–water partition coefficient (Wildman–Crippen LogP) is 4.21. The maximum absolute atomic E-state index is 12.3. The summed E-state index contributed by atoms with van der Waals surface area (Å²) in [7, 11) is 0. The number of carboxylic acid groups (broad SMARTS) is 1. The number of aromatic nitrogens is 1. The quantitative estimate of drug-likeness (QED) is 0.478. The summed E-state index contributed by atoms with van der Waals surface area (Å²) < 4.78 is 1.99. The smallest absolute Gasteiger partial charge is 0.214 e. The zero-order chi connectivity index (χ0) is 20.6. The van der Waals surface area contributed by atoms with E-state index in [1.165, 1.54) is 0 Å². The van der Waals surface area contributed by atoms with E-state index in [1.807, 2.05) is 83.4 Å². The summed E-state index contributed by atoms with van der Waals surface area (Å²) in [5.74, 6) is -1.02. The van der Waals surface area contributed by atoms with Gasteiger partial charge in [0.1, 0.15) is 5.97 Å². The molecular formula is C27H21NO2. The predicted molar refractivity (Wildman–Crippen MR) is 115 cm³/mol. The SMILES string of the molecule is O=C([O-])C1([n+]2c(-c3ccccc3)cc(-c3ccccc3)cc2-c2ccccc2)CC1. The van der Waals surface area contributed by atoms with Crippen molar-refractivity contribution in [1.82, 2.24) is 0 Å². The van der Waals surface area contributed by atoms with Crippen LogP contribution in [-0.2, 0) is 10.3 Å². The van der Waals surface area contributed by atoms with E-state index < -0.39 is 11.5 Å². The lowest BCUT2D eigenvalue weighted by atomic mass is 9.97. The van der Waals surface area contributed by atoms with Crippen LogP contribution in [-0.4, -0.2) is 5.97 Å². The third-order valence-electron chi connectivity index (χ3n) is 5.84. The molecule has 3 aromatic carbocycles. The minimum atomic E-state index is -1.02. The first kappa shape index (κ1) is 18.3. The minimum Gasteiger partial charge on any atom is -0.543 e. The monoisotopic (exact) mass is 391 g/mol. The van der Waals surface area contributed by atoms with Crippen LogP contribution in [0, 0.1) is 0 Å². The lowest BCUT2D eigenvalue weighted by Crippen LogP contribution is -2.59. The summed E-state index contributed by atoms with van der Waals surface area (Å²) >= 11 is 0. The molecular weight excluding hydrogens is 370 g/mol. The molecule has 1 saturated carbocycles. The summed E-state index contributed by atoms with van der Waals surface area (Å²) in [6.45, 7) is 0. The van der Waals surface area contributed by atoms with Crippen LogP contribution in [0.3, 0.4) is 0 Å². The van der Waals surface area contributed by atoms with Crippen LogP contribution in [0.1, 0.15) is 12.8 Å². The van der Waals surface area contributed by atoms with Crippen molar-refractivity contribution < 1.29 is 14.5 Å². The topological polar surface area (TPSA) is 44.0 Å². The Kier molecular flexibility index (Phi) is 4.44. The largest absolute Gasteiger partial charge is 0.543 e. The number of benzene rings is 3. The van der Waals surface area contributed by atoms with Crippen LogP contribution in [0.15, 0.2) is 103 Å². The molecule has 4 aromatic rings. The van der Waals surface area contributed by atoms with Gasteiger partial charge in [-0.25, -0.2) is 0 Å². The second-order valence-corrected chi connectivity index (χ2v) is 7.77. The normalized spacial score (nSPS) is 14.3. The van der Waals surface area contributed by atoms with Crippen molar-refractivity contribution in [3.63, 3.8) is 0 Å². The van der Waals surface area contributed by atoms with Crippen molar-refractivity contribution in [2.45, 2.75) is 18.4 Å². The Morgan fingerprint density at radius 3 is 1.40 bits per heavy atom.